The van der Waals surface area contributed by atoms with Gasteiger partial charge in [-0.15, -0.1) is 0 Å². The Bertz CT molecular complexity index is 984. The zero-order chi connectivity index (χ0) is 21.9. The molecule has 2 rings (SSSR count). The number of nitro groups is 1. The van der Waals surface area contributed by atoms with Crippen LogP contribution in [0.1, 0.15) is 29.3 Å². The van der Waals surface area contributed by atoms with Gasteiger partial charge in [0.25, 0.3) is 0 Å². The quantitative estimate of drug-likeness (QED) is 0.289. The Labute approximate surface area is 165 Å². The lowest BCUT2D eigenvalue weighted by Crippen LogP contribution is -2.13. The molecule has 12 heteroatoms. The molecular weight excluding hydrogens is 423 g/mol. The molecule has 0 radical (unpaired) electrons. The van der Waals surface area contributed by atoms with Gasteiger partial charge < -0.3 is 4.74 Å². The van der Waals surface area contributed by atoms with E-state index in [9.17, 15) is 32.9 Å². The minimum atomic E-state index is -1.77. The fourth-order valence-corrected chi connectivity index (χ4v) is 2.24. The van der Waals surface area contributed by atoms with Gasteiger partial charge in [-0.2, -0.15) is 4.39 Å². The maximum atomic E-state index is 14.2. The molecule has 0 aromatic heterocycles. The lowest BCUT2D eigenvalue weighted by molar-refractivity contribution is -0.386. The van der Waals surface area contributed by atoms with Crippen molar-refractivity contribution in [3.8, 4) is 11.5 Å². The summed E-state index contributed by atoms with van der Waals surface area (Å²) in [7, 11) is 0. The first-order valence-corrected chi connectivity index (χ1v) is 8.17. The second-order valence-corrected chi connectivity index (χ2v) is 5.78. The maximum absolute atomic E-state index is 14.2. The Morgan fingerprint density at radius 2 is 1.79 bits per heavy atom. The highest BCUT2D eigenvalue weighted by atomic mass is 35.5. The lowest BCUT2D eigenvalue weighted by Gasteiger charge is -2.12. The molecule has 0 aliphatic heterocycles. The largest absolute Gasteiger partial charge is 0.444 e. The summed E-state index contributed by atoms with van der Waals surface area (Å²) in [5.74, 6) is -9.32. The second kappa shape index (κ2) is 8.78. The summed E-state index contributed by atoms with van der Waals surface area (Å²) in [5.41, 5.74) is -2.35. The van der Waals surface area contributed by atoms with Crippen LogP contribution < -0.4 is 4.74 Å². The Morgan fingerprint density at radius 3 is 2.38 bits per heavy atom. The Kier molecular flexibility index (Phi) is 6.64. The van der Waals surface area contributed by atoms with Crippen LogP contribution in [-0.2, 0) is 14.6 Å². The third-order valence-corrected chi connectivity index (χ3v) is 4.00. The molecule has 2 aromatic rings. The van der Waals surface area contributed by atoms with E-state index < -0.39 is 67.6 Å². The van der Waals surface area contributed by atoms with Crippen LogP contribution in [0.15, 0.2) is 18.2 Å². The van der Waals surface area contributed by atoms with Crippen LogP contribution in [0.5, 0.6) is 11.5 Å². The van der Waals surface area contributed by atoms with Crippen molar-refractivity contribution in [1.29, 1.82) is 0 Å². The van der Waals surface area contributed by atoms with Crippen LogP contribution in [0, 0.1) is 34.5 Å². The normalized spacial score (nSPS) is 10.4. The third-order valence-electron chi connectivity index (χ3n) is 3.56. The van der Waals surface area contributed by atoms with Crippen molar-refractivity contribution in [3.05, 3.63) is 61.9 Å². The molecule has 2 aromatic carbocycles. The van der Waals surface area contributed by atoms with Gasteiger partial charge in [0.1, 0.15) is 5.56 Å². The third kappa shape index (κ3) is 4.40. The number of carbonyl (C=O) groups excluding carboxylic acids is 2. The van der Waals surface area contributed by atoms with Gasteiger partial charge in [-0.3, -0.25) is 10.1 Å². The number of nitrogens with zero attached hydrogens (tertiary/aromatic N) is 1. The molecule has 0 amide bonds. The number of ether oxygens (including phenoxy) is 1. The molecule has 0 aliphatic carbocycles. The molecule has 0 saturated heterocycles. The molecule has 29 heavy (non-hydrogen) atoms. The van der Waals surface area contributed by atoms with Crippen molar-refractivity contribution >= 4 is 29.2 Å². The molecule has 0 saturated carbocycles. The van der Waals surface area contributed by atoms with Crippen LogP contribution in [0.25, 0.3) is 0 Å². The van der Waals surface area contributed by atoms with Gasteiger partial charge in [0, 0.05) is 12.0 Å². The Hall–Kier alpha value is -3.34. The molecule has 0 fully saturated rings. The zero-order valence-corrected chi connectivity index (χ0v) is 15.5. The van der Waals surface area contributed by atoms with E-state index in [0.717, 1.165) is 25.1 Å². The molecule has 0 aliphatic rings. The summed E-state index contributed by atoms with van der Waals surface area (Å²) < 4.78 is 47.1. The van der Waals surface area contributed by atoms with Crippen molar-refractivity contribution in [1.82, 2.24) is 0 Å². The Balaban J connectivity index is 2.52. The monoisotopic (exact) mass is 433 g/mol. The number of nitro benzene ring substituents is 1. The number of carbonyl (C=O) groups is 2. The van der Waals surface area contributed by atoms with Crippen LogP contribution in [0.4, 0.5) is 18.9 Å². The smallest absolute Gasteiger partial charge is 0.393 e. The van der Waals surface area contributed by atoms with E-state index in [2.05, 4.69) is 9.78 Å². The van der Waals surface area contributed by atoms with Crippen molar-refractivity contribution in [2.45, 2.75) is 20.3 Å². The molecule has 0 heterocycles. The van der Waals surface area contributed by atoms with Crippen LogP contribution in [0.3, 0.4) is 0 Å². The number of rotatable bonds is 5. The molecule has 0 atom stereocenters. The van der Waals surface area contributed by atoms with Gasteiger partial charge >= 0.3 is 17.6 Å². The van der Waals surface area contributed by atoms with Crippen molar-refractivity contribution in [2.24, 2.45) is 0 Å². The summed E-state index contributed by atoms with van der Waals surface area (Å²) >= 11 is 5.58. The van der Waals surface area contributed by atoms with Crippen molar-refractivity contribution in [2.75, 3.05) is 0 Å². The standard InChI is InChI=1S/C17H11ClF3NO7/c1-3-10(23)28-29-17(24)8-5-4-6-9(15(8)22(25)26)27-16-13(20)11(18)7(2)12(19)14(16)21/h4-6H,3H2,1-2H3. The Morgan fingerprint density at radius 1 is 1.14 bits per heavy atom. The van der Waals surface area contributed by atoms with Gasteiger partial charge in [-0.05, 0) is 19.1 Å². The highest BCUT2D eigenvalue weighted by Crippen LogP contribution is 2.40. The van der Waals surface area contributed by atoms with E-state index in [1.807, 2.05) is 0 Å². The van der Waals surface area contributed by atoms with Gasteiger partial charge in [0.05, 0.1) is 9.95 Å². The molecule has 0 N–H and O–H groups in total. The first-order valence-electron chi connectivity index (χ1n) is 7.79. The number of halogens is 4. The second-order valence-electron chi connectivity index (χ2n) is 5.40. The van der Waals surface area contributed by atoms with E-state index >= 15 is 0 Å². The van der Waals surface area contributed by atoms with E-state index in [1.54, 1.807) is 0 Å². The van der Waals surface area contributed by atoms with Crippen LogP contribution >= 0.6 is 11.6 Å². The molecule has 0 spiro atoms. The topological polar surface area (TPSA) is 105 Å². The van der Waals surface area contributed by atoms with Gasteiger partial charge in [-0.25, -0.2) is 28.1 Å². The van der Waals surface area contributed by atoms with Crippen molar-refractivity contribution in [3.63, 3.8) is 0 Å². The van der Waals surface area contributed by atoms with Crippen LogP contribution in [0.2, 0.25) is 5.02 Å². The van der Waals surface area contributed by atoms with Gasteiger partial charge in [0.15, 0.2) is 11.6 Å². The summed E-state index contributed by atoms with van der Waals surface area (Å²) in [5, 5.41) is 10.6. The predicted octanol–water partition coefficient (Wildman–Crippen LogP) is 4.79. The fraction of sp³-hybridized carbons (Fsp3) is 0.176. The molecule has 154 valence electrons. The van der Waals surface area contributed by atoms with E-state index in [-0.39, 0.29) is 6.42 Å². The van der Waals surface area contributed by atoms with E-state index in [4.69, 9.17) is 16.3 Å². The fourth-order valence-electron chi connectivity index (χ4n) is 2.07. The highest BCUT2D eigenvalue weighted by Gasteiger charge is 2.31. The summed E-state index contributed by atoms with van der Waals surface area (Å²) in [6.45, 7) is 2.42. The minimum Gasteiger partial charge on any atom is -0.444 e. The average Bonchev–Trinajstić information content (AvgIpc) is 2.71. The summed E-state index contributed by atoms with van der Waals surface area (Å²) in [4.78, 5) is 41.7. The van der Waals surface area contributed by atoms with E-state index in [0.29, 0.717) is 0 Å². The first-order chi connectivity index (χ1) is 13.6. The molecular formula is C17H11ClF3NO7. The molecule has 0 bridgehead atoms. The number of hydrogen-bond acceptors (Lipinski definition) is 7. The summed E-state index contributed by atoms with van der Waals surface area (Å²) in [6.07, 6.45) is -0.142. The SMILES string of the molecule is CCC(=O)OOC(=O)c1cccc(Oc2c(F)c(F)c(C)c(Cl)c2F)c1[N+](=O)[O-]. The average molecular weight is 434 g/mol. The number of para-hydroxylation sites is 1. The van der Waals surface area contributed by atoms with Crippen LogP contribution in [-0.4, -0.2) is 16.9 Å². The van der Waals surface area contributed by atoms with E-state index in [1.165, 1.54) is 6.92 Å². The number of hydrogen-bond donors (Lipinski definition) is 0. The number of benzene rings is 2. The van der Waals surface area contributed by atoms with Gasteiger partial charge in [0.2, 0.25) is 17.3 Å². The minimum absolute atomic E-state index is 0.142. The highest BCUT2D eigenvalue weighted by molar-refractivity contribution is 6.31. The molecule has 8 nitrogen and oxygen atoms in total. The zero-order valence-electron chi connectivity index (χ0n) is 14.8. The lowest BCUT2D eigenvalue weighted by atomic mass is 10.1. The molecule has 0 unspecified atom stereocenters. The van der Waals surface area contributed by atoms with Gasteiger partial charge in [-0.1, -0.05) is 24.6 Å². The maximum Gasteiger partial charge on any atom is 0.393 e. The predicted molar refractivity (Wildman–Crippen MR) is 91.0 cm³/mol. The first kappa shape index (κ1) is 22.0. The summed E-state index contributed by atoms with van der Waals surface area (Å²) in [6, 6.07) is 2.88. The van der Waals surface area contributed by atoms with Crippen molar-refractivity contribution < 1.29 is 42.2 Å².